The number of nitrogens with zero attached hydrogens (tertiary/aromatic N) is 2. The van der Waals surface area contributed by atoms with Crippen LogP contribution in [-0.2, 0) is 4.79 Å². The number of rotatable bonds is 2. The molecule has 0 unspecified atom stereocenters. The van der Waals surface area contributed by atoms with Crippen molar-refractivity contribution in [1.82, 2.24) is 9.80 Å². The lowest BCUT2D eigenvalue weighted by molar-refractivity contribution is -0.142. The van der Waals surface area contributed by atoms with Crippen LogP contribution in [0.2, 0.25) is 0 Å². The SMILES string of the molecule is COc1cccc(C(=O)N2CCC[C@]3(CCCC(=O)N3C)C2)c1. The maximum atomic E-state index is 12.8. The highest BCUT2D eigenvalue weighted by Crippen LogP contribution is 2.36. The molecule has 1 aromatic rings. The highest BCUT2D eigenvalue weighted by Gasteiger charge is 2.44. The highest BCUT2D eigenvalue weighted by atomic mass is 16.5. The Balaban J connectivity index is 1.80. The van der Waals surface area contributed by atoms with Crippen molar-refractivity contribution in [2.45, 2.75) is 37.6 Å². The third-order valence-corrected chi connectivity index (χ3v) is 5.28. The van der Waals surface area contributed by atoms with Crippen LogP contribution in [0.1, 0.15) is 42.5 Å². The number of likely N-dealkylation sites (tertiary alicyclic amines) is 2. The summed E-state index contributed by atoms with van der Waals surface area (Å²) in [4.78, 5) is 28.7. The monoisotopic (exact) mass is 316 g/mol. The Kier molecular flexibility index (Phi) is 4.28. The van der Waals surface area contributed by atoms with Gasteiger partial charge in [-0.3, -0.25) is 9.59 Å². The molecule has 1 spiro atoms. The Bertz CT molecular complexity index is 612. The summed E-state index contributed by atoms with van der Waals surface area (Å²) in [5.74, 6) is 0.911. The Morgan fingerprint density at radius 3 is 2.83 bits per heavy atom. The number of ether oxygens (including phenoxy) is 1. The van der Waals surface area contributed by atoms with Crippen LogP contribution in [0.15, 0.2) is 24.3 Å². The predicted octanol–water partition coefficient (Wildman–Crippen LogP) is 2.31. The molecule has 0 aliphatic carbocycles. The van der Waals surface area contributed by atoms with Crippen molar-refractivity contribution in [1.29, 1.82) is 0 Å². The van der Waals surface area contributed by atoms with Crippen LogP contribution in [0.3, 0.4) is 0 Å². The zero-order valence-corrected chi connectivity index (χ0v) is 13.9. The summed E-state index contributed by atoms with van der Waals surface area (Å²) < 4.78 is 5.21. The van der Waals surface area contributed by atoms with Crippen LogP contribution in [0.25, 0.3) is 0 Å². The lowest BCUT2D eigenvalue weighted by atomic mass is 9.80. The molecule has 5 nitrogen and oxygen atoms in total. The fourth-order valence-corrected chi connectivity index (χ4v) is 3.87. The average Bonchev–Trinajstić information content (AvgIpc) is 2.59. The van der Waals surface area contributed by atoms with Crippen molar-refractivity contribution in [3.63, 3.8) is 0 Å². The largest absolute Gasteiger partial charge is 0.497 e. The number of hydrogen-bond donors (Lipinski definition) is 0. The van der Waals surface area contributed by atoms with Gasteiger partial charge in [0, 0.05) is 32.1 Å². The van der Waals surface area contributed by atoms with Crippen LogP contribution in [0.4, 0.5) is 0 Å². The molecule has 1 aromatic carbocycles. The second-order valence-electron chi connectivity index (χ2n) is 6.59. The topological polar surface area (TPSA) is 49.9 Å². The van der Waals surface area contributed by atoms with E-state index in [9.17, 15) is 9.59 Å². The number of hydrogen-bond acceptors (Lipinski definition) is 3. The predicted molar refractivity (Wildman–Crippen MR) is 87.5 cm³/mol. The van der Waals surface area contributed by atoms with E-state index in [1.807, 2.05) is 35.0 Å². The van der Waals surface area contributed by atoms with Gasteiger partial charge in [0.1, 0.15) is 5.75 Å². The van der Waals surface area contributed by atoms with Gasteiger partial charge >= 0.3 is 0 Å². The molecule has 23 heavy (non-hydrogen) atoms. The maximum absolute atomic E-state index is 12.8. The molecule has 2 amide bonds. The summed E-state index contributed by atoms with van der Waals surface area (Å²) >= 11 is 0. The van der Waals surface area contributed by atoms with Crippen LogP contribution < -0.4 is 4.74 Å². The molecule has 0 saturated carbocycles. The second-order valence-corrected chi connectivity index (χ2v) is 6.59. The Morgan fingerprint density at radius 2 is 2.04 bits per heavy atom. The molecule has 1 atom stereocenters. The van der Waals surface area contributed by atoms with Crippen molar-refractivity contribution in [3.8, 4) is 5.75 Å². The lowest BCUT2D eigenvalue weighted by Crippen LogP contribution is -2.61. The number of likely N-dealkylation sites (N-methyl/N-ethyl adjacent to an activating group) is 1. The maximum Gasteiger partial charge on any atom is 0.254 e. The number of carbonyl (C=O) groups is 2. The van der Waals surface area contributed by atoms with Gasteiger partial charge in [0.15, 0.2) is 0 Å². The van der Waals surface area contributed by atoms with E-state index < -0.39 is 0 Å². The summed E-state index contributed by atoms with van der Waals surface area (Å²) in [6.45, 7) is 1.38. The minimum atomic E-state index is -0.178. The van der Waals surface area contributed by atoms with Crippen molar-refractivity contribution < 1.29 is 14.3 Å². The summed E-state index contributed by atoms with van der Waals surface area (Å²) in [5, 5.41) is 0. The average molecular weight is 316 g/mol. The molecule has 2 aliphatic heterocycles. The fourth-order valence-electron chi connectivity index (χ4n) is 3.87. The zero-order chi connectivity index (χ0) is 16.4. The van der Waals surface area contributed by atoms with E-state index in [2.05, 4.69) is 0 Å². The zero-order valence-electron chi connectivity index (χ0n) is 13.9. The van der Waals surface area contributed by atoms with Crippen molar-refractivity contribution in [3.05, 3.63) is 29.8 Å². The van der Waals surface area contributed by atoms with Gasteiger partial charge < -0.3 is 14.5 Å². The molecule has 0 bridgehead atoms. The Morgan fingerprint density at radius 1 is 1.26 bits per heavy atom. The van der Waals surface area contributed by atoms with E-state index in [1.165, 1.54) is 0 Å². The molecule has 2 saturated heterocycles. The Labute approximate surface area is 137 Å². The molecule has 0 radical (unpaired) electrons. The summed E-state index contributed by atoms with van der Waals surface area (Å²) in [6, 6.07) is 7.27. The molecule has 5 heteroatoms. The lowest BCUT2D eigenvalue weighted by Gasteiger charge is -2.50. The summed E-state index contributed by atoms with van der Waals surface area (Å²) in [7, 11) is 3.49. The number of piperidine rings is 2. The van der Waals surface area contributed by atoms with E-state index in [-0.39, 0.29) is 17.4 Å². The van der Waals surface area contributed by atoms with Gasteiger partial charge in [-0.05, 0) is 43.9 Å². The van der Waals surface area contributed by atoms with Crippen molar-refractivity contribution >= 4 is 11.8 Å². The van der Waals surface area contributed by atoms with E-state index in [4.69, 9.17) is 4.74 Å². The Hall–Kier alpha value is -2.04. The van der Waals surface area contributed by atoms with E-state index >= 15 is 0 Å². The van der Waals surface area contributed by atoms with Gasteiger partial charge in [-0.1, -0.05) is 6.07 Å². The molecular weight excluding hydrogens is 292 g/mol. The fraction of sp³-hybridized carbons (Fsp3) is 0.556. The first kappa shape index (κ1) is 15.8. The van der Waals surface area contributed by atoms with Crippen LogP contribution in [-0.4, -0.2) is 54.4 Å². The minimum Gasteiger partial charge on any atom is -0.497 e. The smallest absolute Gasteiger partial charge is 0.254 e. The van der Waals surface area contributed by atoms with Gasteiger partial charge in [0.2, 0.25) is 5.91 Å². The first-order chi connectivity index (χ1) is 11.1. The molecule has 2 heterocycles. The molecule has 0 aromatic heterocycles. The standard InChI is InChI=1S/C18H24N2O3/c1-19-16(21)8-4-9-18(19)10-5-11-20(13-18)17(22)14-6-3-7-15(12-14)23-2/h3,6-7,12H,4-5,8-11,13H2,1-2H3/t18-/m1/s1. The third kappa shape index (κ3) is 2.92. The van der Waals surface area contributed by atoms with Gasteiger partial charge in [-0.15, -0.1) is 0 Å². The first-order valence-corrected chi connectivity index (χ1v) is 8.26. The number of benzene rings is 1. The van der Waals surface area contributed by atoms with Gasteiger partial charge in [-0.25, -0.2) is 0 Å². The van der Waals surface area contributed by atoms with Crippen LogP contribution in [0.5, 0.6) is 5.75 Å². The summed E-state index contributed by atoms with van der Waals surface area (Å²) in [6.07, 6.45) is 4.45. The molecule has 0 N–H and O–H groups in total. The van der Waals surface area contributed by atoms with Gasteiger partial charge in [0.05, 0.1) is 12.6 Å². The molecule has 124 valence electrons. The number of methoxy groups -OCH3 is 1. The number of amides is 2. The van der Waals surface area contributed by atoms with E-state index in [1.54, 1.807) is 13.2 Å². The first-order valence-electron chi connectivity index (χ1n) is 8.26. The normalized spacial score (nSPS) is 24.9. The van der Waals surface area contributed by atoms with Crippen molar-refractivity contribution in [2.75, 3.05) is 27.2 Å². The van der Waals surface area contributed by atoms with Crippen LogP contribution in [0, 0.1) is 0 Å². The van der Waals surface area contributed by atoms with Crippen LogP contribution >= 0.6 is 0 Å². The van der Waals surface area contributed by atoms with Gasteiger partial charge in [-0.2, -0.15) is 0 Å². The molecule has 2 fully saturated rings. The van der Waals surface area contributed by atoms with Gasteiger partial charge in [0.25, 0.3) is 5.91 Å². The molecule has 2 aliphatic rings. The number of carbonyl (C=O) groups excluding carboxylic acids is 2. The molecule has 3 rings (SSSR count). The third-order valence-electron chi connectivity index (χ3n) is 5.28. The minimum absolute atomic E-state index is 0.0226. The van der Waals surface area contributed by atoms with E-state index in [0.29, 0.717) is 24.3 Å². The molecular formula is C18H24N2O3. The van der Waals surface area contributed by atoms with Crippen molar-refractivity contribution in [2.24, 2.45) is 0 Å². The van der Waals surface area contributed by atoms with E-state index in [0.717, 1.165) is 32.2 Å². The highest BCUT2D eigenvalue weighted by molar-refractivity contribution is 5.94. The second kappa shape index (κ2) is 6.22. The quantitative estimate of drug-likeness (QED) is 0.841. The summed E-state index contributed by atoms with van der Waals surface area (Å²) in [5.41, 5.74) is 0.466.